The van der Waals surface area contributed by atoms with E-state index in [0.717, 1.165) is 5.69 Å². The van der Waals surface area contributed by atoms with Crippen LogP contribution in [0, 0.1) is 0 Å². The molecule has 0 radical (unpaired) electrons. The topological polar surface area (TPSA) is 76.4 Å². The van der Waals surface area contributed by atoms with Crippen molar-refractivity contribution in [3.05, 3.63) is 18.0 Å². The fourth-order valence-corrected chi connectivity index (χ4v) is 0.927. The second-order valence-corrected chi connectivity index (χ2v) is 2.66. The highest BCUT2D eigenvalue weighted by atomic mass is 16.6. The summed E-state index contributed by atoms with van der Waals surface area (Å²) in [6.07, 6.45) is 1.11. The highest BCUT2D eigenvalue weighted by molar-refractivity contribution is 5.67. The van der Waals surface area contributed by atoms with E-state index in [2.05, 4.69) is 15.2 Å². The average molecular weight is 199 g/mol. The molecule has 0 aliphatic heterocycles. The van der Waals surface area contributed by atoms with Gasteiger partial charge in [-0.25, -0.2) is 4.79 Å². The molecule has 0 aromatic carbocycles. The molecule has 0 saturated carbocycles. The first-order valence-corrected chi connectivity index (χ1v) is 4.22. The van der Waals surface area contributed by atoms with E-state index in [0.29, 0.717) is 6.54 Å². The molecule has 1 aromatic heterocycles. The highest BCUT2D eigenvalue weighted by Crippen LogP contribution is 1.94. The molecule has 14 heavy (non-hydrogen) atoms. The van der Waals surface area contributed by atoms with E-state index in [1.807, 2.05) is 0 Å². The van der Waals surface area contributed by atoms with Crippen LogP contribution in [0.4, 0.5) is 4.79 Å². The summed E-state index contributed by atoms with van der Waals surface area (Å²) in [5.41, 5.74) is 0.881. The lowest BCUT2D eigenvalue weighted by Crippen LogP contribution is -2.25. The zero-order valence-electron chi connectivity index (χ0n) is 7.93. The number of hydrogen-bond donors (Lipinski definition) is 2. The van der Waals surface area contributed by atoms with Crippen molar-refractivity contribution in [2.45, 2.75) is 6.54 Å². The quantitative estimate of drug-likeness (QED) is 0.694. The molecule has 1 heterocycles. The predicted molar refractivity (Wildman–Crippen MR) is 48.5 cm³/mol. The van der Waals surface area contributed by atoms with Gasteiger partial charge in [0.05, 0.1) is 18.8 Å². The fraction of sp³-hybridized carbons (Fsp3) is 0.500. The molecule has 1 aromatic rings. The van der Waals surface area contributed by atoms with Crippen LogP contribution in [0.3, 0.4) is 0 Å². The van der Waals surface area contributed by atoms with Gasteiger partial charge in [0.2, 0.25) is 0 Å². The summed E-state index contributed by atoms with van der Waals surface area (Å²) in [6, 6.07) is 1.80. The van der Waals surface area contributed by atoms with Gasteiger partial charge in [-0.05, 0) is 6.07 Å². The van der Waals surface area contributed by atoms with Crippen molar-refractivity contribution >= 4 is 6.09 Å². The number of aliphatic hydroxyl groups excluding tert-OH is 1. The molecule has 6 nitrogen and oxygen atoms in total. The van der Waals surface area contributed by atoms with E-state index in [-0.39, 0.29) is 13.2 Å². The number of aliphatic hydroxyl groups is 1. The zero-order valence-corrected chi connectivity index (χ0v) is 7.93. The van der Waals surface area contributed by atoms with Crippen molar-refractivity contribution in [2.75, 3.05) is 13.2 Å². The van der Waals surface area contributed by atoms with Gasteiger partial charge in [0.1, 0.15) is 6.61 Å². The Morgan fingerprint density at radius 2 is 2.57 bits per heavy atom. The molecule has 0 aliphatic carbocycles. The minimum absolute atomic E-state index is 0.0111. The van der Waals surface area contributed by atoms with Gasteiger partial charge in [-0.3, -0.25) is 4.68 Å². The van der Waals surface area contributed by atoms with E-state index >= 15 is 0 Å². The molecule has 78 valence electrons. The predicted octanol–water partition coefficient (Wildman–Crippen LogP) is -0.361. The first-order chi connectivity index (χ1) is 6.74. The Bertz CT molecular complexity index is 298. The Morgan fingerprint density at radius 1 is 1.79 bits per heavy atom. The Hall–Kier alpha value is -1.56. The van der Waals surface area contributed by atoms with Gasteiger partial charge in [0.25, 0.3) is 0 Å². The molecule has 0 atom stereocenters. The second-order valence-electron chi connectivity index (χ2n) is 2.66. The summed E-state index contributed by atoms with van der Waals surface area (Å²) in [7, 11) is 1.79. The molecule has 1 amide bonds. The third kappa shape index (κ3) is 3.06. The molecule has 0 spiro atoms. The number of nitrogens with one attached hydrogen (secondary N) is 1. The number of alkyl carbamates (subject to hydrolysis) is 1. The number of nitrogens with zero attached hydrogens (tertiary/aromatic N) is 2. The number of rotatable bonds is 4. The number of ether oxygens (including phenoxy) is 1. The first-order valence-electron chi connectivity index (χ1n) is 4.22. The number of aromatic nitrogens is 2. The molecule has 2 N–H and O–H groups in total. The second kappa shape index (κ2) is 5.23. The third-order valence-electron chi connectivity index (χ3n) is 1.66. The summed E-state index contributed by atoms with van der Waals surface area (Å²) in [4.78, 5) is 10.9. The fourth-order valence-electron chi connectivity index (χ4n) is 0.927. The number of hydrogen-bond acceptors (Lipinski definition) is 4. The van der Waals surface area contributed by atoms with Crippen LogP contribution >= 0.6 is 0 Å². The van der Waals surface area contributed by atoms with Crippen LogP contribution in [0.15, 0.2) is 12.3 Å². The maximum atomic E-state index is 10.9. The van der Waals surface area contributed by atoms with Crippen LogP contribution in [-0.4, -0.2) is 34.2 Å². The van der Waals surface area contributed by atoms with Crippen molar-refractivity contribution in [3.63, 3.8) is 0 Å². The van der Waals surface area contributed by atoms with Crippen molar-refractivity contribution in [3.8, 4) is 0 Å². The number of carbonyl (C=O) groups excluding carboxylic acids is 1. The molecular weight excluding hydrogens is 186 g/mol. The van der Waals surface area contributed by atoms with Gasteiger partial charge >= 0.3 is 6.09 Å². The van der Waals surface area contributed by atoms with E-state index in [1.54, 1.807) is 24.0 Å². The monoisotopic (exact) mass is 199 g/mol. The van der Waals surface area contributed by atoms with E-state index in [1.165, 1.54) is 0 Å². The van der Waals surface area contributed by atoms with Gasteiger partial charge in [-0.15, -0.1) is 0 Å². The van der Waals surface area contributed by atoms with Crippen molar-refractivity contribution < 1.29 is 14.6 Å². The largest absolute Gasteiger partial charge is 0.447 e. The van der Waals surface area contributed by atoms with Crippen LogP contribution in [0.1, 0.15) is 5.69 Å². The minimum atomic E-state index is -0.541. The number of carbonyl (C=O) groups is 1. The SMILES string of the molecule is Cn1nccc1CNC(=O)OCCO. The van der Waals surface area contributed by atoms with Crippen LogP contribution < -0.4 is 5.32 Å². The van der Waals surface area contributed by atoms with E-state index in [4.69, 9.17) is 5.11 Å². The average Bonchev–Trinajstić information content (AvgIpc) is 2.58. The van der Waals surface area contributed by atoms with Crippen molar-refractivity contribution in [2.24, 2.45) is 7.05 Å². The van der Waals surface area contributed by atoms with Crippen molar-refractivity contribution in [1.29, 1.82) is 0 Å². The third-order valence-corrected chi connectivity index (χ3v) is 1.66. The summed E-state index contributed by atoms with van der Waals surface area (Å²) in [5, 5.41) is 14.9. The number of amides is 1. The maximum Gasteiger partial charge on any atom is 0.407 e. The maximum absolute atomic E-state index is 10.9. The lowest BCUT2D eigenvalue weighted by Gasteiger charge is -2.05. The van der Waals surface area contributed by atoms with Crippen molar-refractivity contribution in [1.82, 2.24) is 15.1 Å². The molecule has 0 aliphatic rings. The van der Waals surface area contributed by atoms with Gasteiger partial charge in [0.15, 0.2) is 0 Å². The summed E-state index contributed by atoms with van der Waals surface area (Å²) in [6.45, 7) is 0.205. The normalized spacial score (nSPS) is 9.86. The van der Waals surface area contributed by atoms with Gasteiger partial charge in [0, 0.05) is 13.2 Å². The summed E-state index contributed by atoms with van der Waals surface area (Å²) < 4.78 is 6.26. The van der Waals surface area contributed by atoms with E-state index in [9.17, 15) is 4.79 Å². The molecule has 1 rings (SSSR count). The Balaban J connectivity index is 2.27. The molecule has 6 heteroatoms. The smallest absolute Gasteiger partial charge is 0.407 e. The molecule has 0 saturated heterocycles. The minimum Gasteiger partial charge on any atom is -0.447 e. The van der Waals surface area contributed by atoms with Gasteiger partial charge in [-0.1, -0.05) is 0 Å². The Labute approximate surface area is 81.5 Å². The first kappa shape index (κ1) is 10.5. The highest BCUT2D eigenvalue weighted by Gasteiger charge is 2.03. The molecule has 0 bridgehead atoms. The lowest BCUT2D eigenvalue weighted by atomic mass is 10.4. The summed E-state index contributed by atoms with van der Waals surface area (Å²) >= 11 is 0. The molecule has 0 fully saturated rings. The van der Waals surface area contributed by atoms with Crippen LogP contribution in [0.2, 0.25) is 0 Å². The standard InChI is InChI=1S/C8H13N3O3/c1-11-7(2-3-10-11)6-9-8(13)14-5-4-12/h2-3,12H,4-6H2,1H3,(H,9,13). The molecular formula is C8H13N3O3. The Kier molecular flexibility index (Phi) is 3.93. The van der Waals surface area contributed by atoms with E-state index < -0.39 is 6.09 Å². The number of aryl methyl sites for hydroxylation is 1. The van der Waals surface area contributed by atoms with Crippen LogP contribution in [-0.2, 0) is 18.3 Å². The van der Waals surface area contributed by atoms with Gasteiger partial charge in [-0.2, -0.15) is 5.10 Å². The summed E-state index contributed by atoms with van der Waals surface area (Å²) in [5.74, 6) is 0. The molecule has 0 unspecified atom stereocenters. The van der Waals surface area contributed by atoms with Gasteiger partial charge < -0.3 is 15.2 Å². The zero-order chi connectivity index (χ0) is 10.4. The lowest BCUT2D eigenvalue weighted by molar-refractivity contribution is 0.118. The Morgan fingerprint density at radius 3 is 3.14 bits per heavy atom. The van der Waals surface area contributed by atoms with Crippen LogP contribution in [0.25, 0.3) is 0 Å². The van der Waals surface area contributed by atoms with Crippen LogP contribution in [0.5, 0.6) is 0 Å².